The van der Waals surface area contributed by atoms with Crippen molar-refractivity contribution in [1.29, 1.82) is 0 Å². The number of benzene rings is 3. The van der Waals surface area contributed by atoms with Crippen LogP contribution < -0.4 is 10.0 Å². The maximum atomic E-state index is 12.8. The van der Waals surface area contributed by atoms with Crippen molar-refractivity contribution in [2.75, 3.05) is 4.72 Å². The maximum absolute atomic E-state index is 12.8. The number of anilines is 1. The number of rotatable bonds is 7. The standard InChI is InChI=1S/C24H26N2O3S/c1-4-23(22-11-6-5-8-18(22)3)25-24(27)19-9-7-10-21(16-19)30(28,29)26-20-14-12-17(2)13-15-20/h5-16,23,26H,4H2,1-3H3,(H,25,27). The summed E-state index contributed by atoms with van der Waals surface area (Å²) >= 11 is 0. The lowest BCUT2D eigenvalue weighted by Crippen LogP contribution is -2.28. The molecule has 0 aliphatic carbocycles. The van der Waals surface area contributed by atoms with Gasteiger partial charge in [-0.3, -0.25) is 9.52 Å². The van der Waals surface area contributed by atoms with Gasteiger partial charge in [0.05, 0.1) is 10.9 Å². The molecule has 3 rings (SSSR count). The van der Waals surface area contributed by atoms with Crippen molar-refractivity contribution in [3.8, 4) is 0 Å². The molecule has 156 valence electrons. The molecule has 0 aliphatic heterocycles. The molecule has 5 nitrogen and oxygen atoms in total. The van der Waals surface area contributed by atoms with E-state index in [-0.39, 0.29) is 16.8 Å². The van der Waals surface area contributed by atoms with Gasteiger partial charge in [0.15, 0.2) is 0 Å². The molecule has 0 bridgehead atoms. The molecule has 0 saturated carbocycles. The van der Waals surface area contributed by atoms with Crippen LogP contribution in [-0.4, -0.2) is 14.3 Å². The van der Waals surface area contributed by atoms with Crippen LogP contribution in [0.2, 0.25) is 0 Å². The van der Waals surface area contributed by atoms with E-state index in [0.717, 1.165) is 23.1 Å². The van der Waals surface area contributed by atoms with Crippen molar-refractivity contribution in [2.24, 2.45) is 0 Å². The van der Waals surface area contributed by atoms with Crippen LogP contribution in [0, 0.1) is 13.8 Å². The predicted octanol–water partition coefficient (Wildman–Crippen LogP) is 4.99. The van der Waals surface area contributed by atoms with Crippen LogP contribution in [0.25, 0.3) is 0 Å². The number of amides is 1. The number of carbonyl (C=O) groups is 1. The van der Waals surface area contributed by atoms with Gasteiger partial charge in [-0.1, -0.05) is 55.0 Å². The first-order valence-electron chi connectivity index (χ1n) is 9.86. The Balaban J connectivity index is 1.81. The summed E-state index contributed by atoms with van der Waals surface area (Å²) in [4.78, 5) is 12.9. The second kappa shape index (κ2) is 9.13. The molecular weight excluding hydrogens is 396 g/mol. The van der Waals surface area contributed by atoms with Crippen LogP contribution in [-0.2, 0) is 10.0 Å². The quantitative estimate of drug-likeness (QED) is 0.563. The third-order valence-corrected chi connectivity index (χ3v) is 6.37. The van der Waals surface area contributed by atoms with Crippen molar-refractivity contribution in [3.63, 3.8) is 0 Å². The molecule has 0 aliphatic rings. The average molecular weight is 423 g/mol. The van der Waals surface area contributed by atoms with Crippen molar-refractivity contribution in [3.05, 3.63) is 95.1 Å². The number of nitrogens with one attached hydrogen (secondary N) is 2. The monoisotopic (exact) mass is 422 g/mol. The van der Waals surface area contributed by atoms with Gasteiger partial charge in [0.2, 0.25) is 0 Å². The van der Waals surface area contributed by atoms with Crippen LogP contribution >= 0.6 is 0 Å². The zero-order chi connectivity index (χ0) is 21.7. The van der Waals surface area contributed by atoms with Gasteiger partial charge in [-0.25, -0.2) is 8.42 Å². The number of hydrogen-bond acceptors (Lipinski definition) is 3. The Morgan fingerprint density at radius 3 is 2.30 bits per heavy atom. The van der Waals surface area contributed by atoms with Gasteiger partial charge in [0.1, 0.15) is 0 Å². The van der Waals surface area contributed by atoms with E-state index in [4.69, 9.17) is 0 Å². The van der Waals surface area contributed by atoms with Crippen molar-refractivity contribution >= 4 is 21.6 Å². The van der Waals surface area contributed by atoms with E-state index in [1.807, 2.05) is 57.2 Å². The van der Waals surface area contributed by atoms with Gasteiger partial charge >= 0.3 is 0 Å². The molecule has 1 atom stereocenters. The third kappa shape index (κ3) is 5.07. The Morgan fingerprint density at radius 2 is 1.63 bits per heavy atom. The van der Waals surface area contributed by atoms with E-state index < -0.39 is 10.0 Å². The number of sulfonamides is 1. The topological polar surface area (TPSA) is 75.3 Å². The van der Waals surface area contributed by atoms with E-state index in [1.165, 1.54) is 12.1 Å². The molecule has 0 saturated heterocycles. The molecule has 30 heavy (non-hydrogen) atoms. The highest BCUT2D eigenvalue weighted by atomic mass is 32.2. The van der Waals surface area contributed by atoms with Crippen LogP contribution in [0.4, 0.5) is 5.69 Å². The third-order valence-electron chi connectivity index (χ3n) is 4.99. The minimum atomic E-state index is -3.81. The summed E-state index contributed by atoms with van der Waals surface area (Å²) < 4.78 is 28.1. The van der Waals surface area contributed by atoms with Crippen molar-refractivity contribution < 1.29 is 13.2 Å². The molecule has 0 aromatic heterocycles. The second-order valence-electron chi connectivity index (χ2n) is 7.29. The van der Waals surface area contributed by atoms with Crippen LogP contribution in [0.15, 0.2) is 77.7 Å². The molecule has 3 aromatic rings. The molecule has 2 N–H and O–H groups in total. The summed E-state index contributed by atoms with van der Waals surface area (Å²) in [6.45, 7) is 5.94. The highest BCUT2D eigenvalue weighted by Crippen LogP contribution is 2.22. The normalized spacial score (nSPS) is 12.2. The molecule has 6 heteroatoms. The van der Waals surface area contributed by atoms with Gasteiger partial charge in [-0.15, -0.1) is 0 Å². The Hall–Kier alpha value is -3.12. The molecule has 0 heterocycles. The Labute approximate surface area is 178 Å². The molecule has 1 unspecified atom stereocenters. The molecule has 1 amide bonds. The fraction of sp³-hybridized carbons (Fsp3) is 0.208. The molecule has 0 spiro atoms. The number of hydrogen-bond donors (Lipinski definition) is 2. The summed E-state index contributed by atoms with van der Waals surface area (Å²) in [6.07, 6.45) is 0.726. The minimum absolute atomic E-state index is 0.0414. The largest absolute Gasteiger partial charge is 0.345 e. The first-order valence-corrected chi connectivity index (χ1v) is 11.3. The lowest BCUT2D eigenvalue weighted by atomic mass is 9.99. The first kappa shape index (κ1) is 21.6. The summed E-state index contributed by atoms with van der Waals surface area (Å²) in [5.74, 6) is -0.308. The average Bonchev–Trinajstić information content (AvgIpc) is 2.74. The fourth-order valence-electron chi connectivity index (χ4n) is 3.26. The predicted molar refractivity (Wildman–Crippen MR) is 120 cm³/mol. The van der Waals surface area contributed by atoms with Crippen LogP contribution in [0.5, 0.6) is 0 Å². The van der Waals surface area contributed by atoms with Crippen molar-refractivity contribution in [2.45, 2.75) is 38.1 Å². The highest BCUT2D eigenvalue weighted by molar-refractivity contribution is 7.92. The lowest BCUT2D eigenvalue weighted by Gasteiger charge is -2.19. The van der Waals surface area contributed by atoms with Crippen molar-refractivity contribution in [1.82, 2.24) is 5.32 Å². The van der Waals surface area contributed by atoms with Crippen LogP contribution in [0.3, 0.4) is 0 Å². The maximum Gasteiger partial charge on any atom is 0.261 e. The van der Waals surface area contributed by atoms with Gasteiger partial charge in [0, 0.05) is 11.3 Å². The summed E-state index contributed by atoms with van der Waals surface area (Å²) in [5, 5.41) is 3.02. The van der Waals surface area contributed by atoms with E-state index in [2.05, 4.69) is 10.0 Å². The Kier molecular flexibility index (Phi) is 6.57. The van der Waals surface area contributed by atoms with E-state index in [1.54, 1.807) is 24.3 Å². The lowest BCUT2D eigenvalue weighted by molar-refractivity contribution is 0.0935. The van der Waals surface area contributed by atoms with Crippen LogP contribution in [0.1, 0.15) is 46.4 Å². The molecule has 3 aromatic carbocycles. The van der Waals surface area contributed by atoms with E-state index in [9.17, 15) is 13.2 Å². The minimum Gasteiger partial charge on any atom is -0.345 e. The summed E-state index contributed by atoms with van der Waals surface area (Å²) in [6, 6.07) is 20.9. The van der Waals surface area contributed by atoms with E-state index in [0.29, 0.717) is 11.3 Å². The van der Waals surface area contributed by atoms with E-state index >= 15 is 0 Å². The Bertz CT molecular complexity index is 1140. The second-order valence-corrected chi connectivity index (χ2v) is 8.97. The SMILES string of the molecule is CCC(NC(=O)c1cccc(S(=O)(=O)Nc2ccc(C)cc2)c1)c1ccccc1C. The van der Waals surface area contributed by atoms with Gasteiger partial charge in [-0.2, -0.15) is 0 Å². The van der Waals surface area contributed by atoms with Gasteiger partial charge < -0.3 is 5.32 Å². The number of aryl methyl sites for hydroxylation is 2. The first-order chi connectivity index (χ1) is 14.3. The summed E-state index contributed by atoms with van der Waals surface area (Å²) in [5.41, 5.74) is 3.96. The molecule has 0 fully saturated rings. The highest BCUT2D eigenvalue weighted by Gasteiger charge is 2.19. The molecular formula is C24H26N2O3S. The molecule has 0 radical (unpaired) electrons. The Morgan fingerprint density at radius 1 is 0.933 bits per heavy atom. The fourth-order valence-corrected chi connectivity index (χ4v) is 4.36. The summed E-state index contributed by atoms with van der Waals surface area (Å²) in [7, 11) is -3.81. The van der Waals surface area contributed by atoms with Gasteiger partial charge in [0.25, 0.3) is 15.9 Å². The zero-order valence-corrected chi connectivity index (χ0v) is 18.2. The number of carbonyl (C=O) groups excluding carboxylic acids is 1. The smallest absolute Gasteiger partial charge is 0.261 e. The van der Waals surface area contributed by atoms with Gasteiger partial charge in [-0.05, 0) is 61.7 Å². The zero-order valence-electron chi connectivity index (χ0n) is 17.3.